The number of aliphatic imine (C=N–C) groups is 1. The SMILES string of the molecule is COc1ccc(/C=C2/N=C(c3ccc(F)c(F)c3)NC2=O)cc1C(C)C. The average Bonchev–Trinajstić information content (AvgIpc) is 2.98. The van der Waals surface area contributed by atoms with Crippen molar-refractivity contribution in [2.45, 2.75) is 19.8 Å². The molecular weight excluding hydrogens is 338 g/mol. The van der Waals surface area contributed by atoms with E-state index in [4.69, 9.17) is 4.74 Å². The molecule has 0 fully saturated rings. The van der Waals surface area contributed by atoms with Crippen LogP contribution in [0.15, 0.2) is 47.1 Å². The molecule has 6 heteroatoms. The number of halogens is 2. The van der Waals surface area contributed by atoms with E-state index < -0.39 is 17.5 Å². The van der Waals surface area contributed by atoms with E-state index in [1.54, 1.807) is 13.2 Å². The van der Waals surface area contributed by atoms with E-state index >= 15 is 0 Å². The summed E-state index contributed by atoms with van der Waals surface area (Å²) < 4.78 is 31.8. The number of hydrogen-bond donors (Lipinski definition) is 1. The van der Waals surface area contributed by atoms with Gasteiger partial charge in [-0.1, -0.05) is 19.9 Å². The van der Waals surface area contributed by atoms with Crippen LogP contribution >= 0.6 is 0 Å². The number of nitrogens with zero attached hydrogens (tertiary/aromatic N) is 1. The van der Waals surface area contributed by atoms with Crippen LogP contribution in [0.2, 0.25) is 0 Å². The molecule has 0 aromatic heterocycles. The molecule has 4 nitrogen and oxygen atoms in total. The van der Waals surface area contributed by atoms with Gasteiger partial charge >= 0.3 is 0 Å². The van der Waals surface area contributed by atoms with E-state index in [0.29, 0.717) is 5.56 Å². The molecule has 0 saturated carbocycles. The molecule has 0 spiro atoms. The van der Waals surface area contributed by atoms with Crippen LogP contribution < -0.4 is 10.1 Å². The predicted octanol–water partition coefficient (Wildman–Crippen LogP) is 4.01. The number of amidine groups is 1. The van der Waals surface area contributed by atoms with Crippen molar-refractivity contribution in [1.29, 1.82) is 0 Å². The second kappa shape index (κ2) is 7.07. The normalized spacial score (nSPS) is 15.4. The highest BCUT2D eigenvalue weighted by Crippen LogP contribution is 2.28. The topological polar surface area (TPSA) is 50.7 Å². The highest BCUT2D eigenvalue weighted by atomic mass is 19.2. The van der Waals surface area contributed by atoms with Gasteiger partial charge in [-0.2, -0.15) is 0 Å². The Morgan fingerprint density at radius 3 is 2.54 bits per heavy atom. The molecule has 2 aromatic carbocycles. The monoisotopic (exact) mass is 356 g/mol. The lowest BCUT2D eigenvalue weighted by Gasteiger charge is -2.12. The van der Waals surface area contributed by atoms with Crippen LogP contribution in [0.25, 0.3) is 6.08 Å². The van der Waals surface area contributed by atoms with Crippen molar-refractivity contribution in [3.8, 4) is 5.75 Å². The van der Waals surface area contributed by atoms with Crippen LogP contribution in [0.1, 0.15) is 36.5 Å². The van der Waals surface area contributed by atoms with Gasteiger partial charge in [-0.05, 0) is 53.5 Å². The maximum absolute atomic E-state index is 13.4. The number of nitrogens with one attached hydrogen (secondary N) is 1. The van der Waals surface area contributed by atoms with Gasteiger partial charge in [-0.25, -0.2) is 13.8 Å². The average molecular weight is 356 g/mol. The predicted molar refractivity (Wildman–Crippen MR) is 96.1 cm³/mol. The minimum absolute atomic E-state index is 0.192. The summed E-state index contributed by atoms with van der Waals surface area (Å²) in [5.74, 6) is -1.11. The summed E-state index contributed by atoms with van der Waals surface area (Å²) in [5.41, 5.74) is 2.32. The fourth-order valence-corrected chi connectivity index (χ4v) is 2.70. The maximum Gasteiger partial charge on any atom is 0.275 e. The van der Waals surface area contributed by atoms with Gasteiger partial charge < -0.3 is 10.1 Å². The first-order chi connectivity index (χ1) is 12.4. The zero-order valence-corrected chi connectivity index (χ0v) is 14.6. The van der Waals surface area contributed by atoms with Crippen LogP contribution in [0.4, 0.5) is 8.78 Å². The molecule has 0 saturated heterocycles. The molecule has 0 unspecified atom stereocenters. The summed E-state index contributed by atoms with van der Waals surface area (Å²) in [6.45, 7) is 4.10. The zero-order valence-electron chi connectivity index (χ0n) is 14.6. The first kappa shape index (κ1) is 17.8. The highest BCUT2D eigenvalue weighted by Gasteiger charge is 2.22. The van der Waals surface area contributed by atoms with Crippen LogP contribution in [0, 0.1) is 11.6 Å². The lowest BCUT2D eigenvalue weighted by atomic mass is 9.99. The Bertz CT molecular complexity index is 933. The Hall–Kier alpha value is -3.02. The number of amides is 1. The Labute approximate surface area is 150 Å². The molecule has 0 radical (unpaired) electrons. The van der Waals surface area contributed by atoms with Gasteiger partial charge in [0.25, 0.3) is 5.91 Å². The third kappa shape index (κ3) is 3.49. The first-order valence-electron chi connectivity index (χ1n) is 8.14. The Morgan fingerprint density at radius 2 is 1.88 bits per heavy atom. The first-order valence-corrected chi connectivity index (χ1v) is 8.14. The smallest absolute Gasteiger partial charge is 0.275 e. The molecule has 1 aliphatic heterocycles. The molecule has 0 atom stereocenters. The largest absolute Gasteiger partial charge is 0.496 e. The lowest BCUT2D eigenvalue weighted by Crippen LogP contribution is -2.24. The minimum Gasteiger partial charge on any atom is -0.496 e. The fraction of sp³-hybridized carbons (Fsp3) is 0.200. The lowest BCUT2D eigenvalue weighted by molar-refractivity contribution is -0.115. The molecule has 1 N–H and O–H groups in total. The number of rotatable bonds is 4. The molecule has 0 aliphatic carbocycles. The van der Waals surface area contributed by atoms with E-state index in [1.807, 2.05) is 18.2 Å². The highest BCUT2D eigenvalue weighted by molar-refractivity contribution is 6.19. The summed E-state index contributed by atoms with van der Waals surface area (Å²) in [6, 6.07) is 8.98. The van der Waals surface area contributed by atoms with Gasteiger partial charge in [0.1, 0.15) is 17.3 Å². The van der Waals surface area contributed by atoms with E-state index in [0.717, 1.165) is 29.0 Å². The quantitative estimate of drug-likeness (QED) is 0.842. The van der Waals surface area contributed by atoms with Crippen molar-refractivity contribution >= 4 is 17.8 Å². The second-order valence-electron chi connectivity index (χ2n) is 6.23. The molecule has 1 aliphatic rings. The molecular formula is C20H18F2N2O2. The number of benzene rings is 2. The van der Waals surface area contributed by atoms with Crippen LogP contribution in [-0.2, 0) is 4.79 Å². The number of hydrogen-bond acceptors (Lipinski definition) is 3. The van der Waals surface area contributed by atoms with Gasteiger partial charge in [-0.15, -0.1) is 0 Å². The summed E-state index contributed by atoms with van der Waals surface area (Å²) in [6.07, 6.45) is 1.65. The molecule has 0 bridgehead atoms. The summed E-state index contributed by atoms with van der Waals surface area (Å²) in [5, 5.41) is 2.58. The van der Waals surface area contributed by atoms with E-state index in [-0.39, 0.29) is 17.5 Å². The minimum atomic E-state index is -0.992. The second-order valence-corrected chi connectivity index (χ2v) is 6.23. The third-order valence-corrected chi connectivity index (χ3v) is 4.07. The Kier molecular flexibility index (Phi) is 4.84. The van der Waals surface area contributed by atoms with Gasteiger partial charge in [0, 0.05) is 5.56 Å². The number of carbonyl (C=O) groups is 1. The van der Waals surface area contributed by atoms with Crippen molar-refractivity contribution in [1.82, 2.24) is 5.32 Å². The van der Waals surface area contributed by atoms with E-state index in [9.17, 15) is 13.6 Å². The van der Waals surface area contributed by atoms with Gasteiger partial charge in [-0.3, -0.25) is 4.79 Å². The number of methoxy groups -OCH3 is 1. The zero-order chi connectivity index (χ0) is 18.8. The van der Waals surface area contributed by atoms with Crippen LogP contribution in [-0.4, -0.2) is 18.9 Å². The third-order valence-electron chi connectivity index (χ3n) is 4.07. The summed E-state index contributed by atoms with van der Waals surface area (Å²) in [7, 11) is 1.61. The number of carbonyl (C=O) groups excluding carboxylic acids is 1. The molecule has 1 heterocycles. The van der Waals surface area contributed by atoms with E-state index in [2.05, 4.69) is 24.2 Å². The molecule has 134 valence electrons. The molecule has 1 amide bonds. The van der Waals surface area contributed by atoms with Crippen molar-refractivity contribution in [2.75, 3.05) is 7.11 Å². The van der Waals surface area contributed by atoms with Crippen molar-refractivity contribution in [2.24, 2.45) is 4.99 Å². The Morgan fingerprint density at radius 1 is 1.12 bits per heavy atom. The fourth-order valence-electron chi connectivity index (χ4n) is 2.70. The summed E-state index contributed by atoms with van der Waals surface area (Å²) >= 11 is 0. The standard InChI is InChI=1S/C20H18F2N2O2/c1-11(2)14-8-12(4-7-18(14)26-3)9-17-20(25)24-19(23-17)13-5-6-15(21)16(22)10-13/h4-11H,1-3H3,(H,23,24,25)/b17-9+. The van der Waals surface area contributed by atoms with Gasteiger partial charge in [0.15, 0.2) is 11.6 Å². The maximum atomic E-state index is 13.4. The van der Waals surface area contributed by atoms with Gasteiger partial charge in [0.2, 0.25) is 0 Å². The Balaban J connectivity index is 1.96. The summed E-state index contributed by atoms with van der Waals surface area (Å²) in [4.78, 5) is 16.4. The van der Waals surface area contributed by atoms with Crippen molar-refractivity contribution < 1.29 is 18.3 Å². The van der Waals surface area contributed by atoms with E-state index in [1.165, 1.54) is 6.07 Å². The van der Waals surface area contributed by atoms with Crippen molar-refractivity contribution in [3.63, 3.8) is 0 Å². The van der Waals surface area contributed by atoms with Crippen LogP contribution in [0.5, 0.6) is 5.75 Å². The molecule has 2 aromatic rings. The van der Waals surface area contributed by atoms with Gasteiger partial charge in [0.05, 0.1) is 7.11 Å². The molecule has 26 heavy (non-hydrogen) atoms. The van der Waals surface area contributed by atoms with Crippen LogP contribution in [0.3, 0.4) is 0 Å². The molecule has 3 rings (SSSR count). The number of ether oxygens (including phenoxy) is 1. The van der Waals surface area contributed by atoms with Crippen molar-refractivity contribution in [3.05, 3.63) is 70.4 Å².